The SMILES string of the molecule is CC(=O)OCC(COC(=O)CCCCCCCC(O)C(C)O)OC(=O)CCCCCCCC(O)C(C)O. The summed E-state index contributed by atoms with van der Waals surface area (Å²) in [6.07, 6.45) is 6.02. The van der Waals surface area contributed by atoms with Crippen LogP contribution in [0.2, 0.25) is 0 Å². The summed E-state index contributed by atoms with van der Waals surface area (Å²) < 4.78 is 15.5. The summed E-state index contributed by atoms with van der Waals surface area (Å²) in [5, 5.41) is 37.6. The van der Waals surface area contributed by atoms with Crippen LogP contribution in [0.4, 0.5) is 0 Å². The Labute approximate surface area is 221 Å². The van der Waals surface area contributed by atoms with Gasteiger partial charge in [0.1, 0.15) is 13.2 Å². The molecule has 0 saturated carbocycles. The highest BCUT2D eigenvalue weighted by Crippen LogP contribution is 2.13. The molecule has 0 aromatic carbocycles. The van der Waals surface area contributed by atoms with Gasteiger partial charge in [0.25, 0.3) is 0 Å². The molecule has 0 bridgehead atoms. The second-order valence-corrected chi connectivity index (χ2v) is 9.83. The van der Waals surface area contributed by atoms with Gasteiger partial charge in [-0.25, -0.2) is 0 Å². The fourth-order valence-corrected chi connectivity index (χ4v) is 3.62. The van der Waals surface area contributed by atoms with Crippen LogP contribution < -0.4 is 0 Å². The van der Waals surface area contributed by atoms with Gasteiger partial charge in [-0.05, 0) is 39.5 Å². The molecule has 5 unspecified atom stereocenters. The van der Waals surface area contributed by atoms with Crippen LogP contribution in [0.3, 0.4) is 0 Å². The Bertz CT molecular complexity index is 608. The summed E-state index contributed by atoms with van der Waals surface area (Å²) >= 11 is 0. The third kappa shape index (κ3) is 22.0. The van der Waals surface area contributed by atoms with Crippen molar-refractivity contribution in [2.75, 3.05) is 13.2 Å². The maximum atomic E-state index is 12.2. The van der Waals surface area contributed by atoms with Crippen LogP contribution in [0.15, 0.2) is 0 Å². The first-order valence-corrected chi connectivity index (χ1v) is 13.7. The minimum absolute atomic E-state index is 0.180. The van der Waals surface area contributed by atoms with Crippen molar-refractivity contribution >= 4 is 17.9 Å². The summed E-state index contributed by atoms with van der Waals surface area (Å²) in [6, 6.07) is 0. The lowest BCUT2D eigenvalue weighted by atomic mass is 10.0. The number of unbranched alkanes of at least 4 members (excludes halogenated alkanes) is 8. The Hall–Kier alpha value is -1.75. The first kappa shape index (κ1) is 35.2. The predicted molar refractivity (Wildman–Crippen MR) is 137 cm³/mol. The average molecular weight is 535 g/mol. The number of rotatable bonds is 23. The average Bonchev–Trinajstić information content (AvgIpc) is 2.83. The van der Waals surface area contributed by atoms with Gasteiger partial charge < -0.3 is 34.6 Å². The maximum absolute atomic E-state index is 12.2. The molecular weight excluding hydrogens is 484 g/mol. The summed E-state index contributed by atoms with van der Waals surface area (Å²) in [7, 11) is 0. The van der Waals surface area contributed by atoms with Gasteiger partial charge in [0, 0.05) is 19.8 Å². The van der Waals surface area contributed by atoms with E-state index in [-0.39, 0.29) is 26.1 Å². The van der Waals surface area contributed by atoms with Crippen LogP contribution in [0, 0.1) is 0 Å². The first-order chi connectivity index (χ1) is 17.5. The summed E-state index contributed by atoms with van der Waals surface area (Å²) in [6.45, 7) is 4.01. The second kappa shape index (κ2) is 22.3. The summed E-state index contributed by atoms with van der Waals surface area (Å²) in [4.78, 5) is 35.4. The van der Waals surface area contributed by atoms with Gasteiger partial charge in [0.2, 0.25) is 0 Å². The predicted octanol–water partition coefficient (Wildman–Crippen LogP) is 2.95. The largest absolute Gasteiger partial charge is 0.462 e. The normalized spacial score (nSPS) is 15.3. The van der Waals surface area contributed by atoms with Crippen molar-refractivity contribution in [3.05, 3.63) is 0 Å². The molecule has 0 fully saturated rings. The van der Waals surface area contributed by atoms with E-state index in [9.17, 15) is 34.8 Å². The van der Waals surface area contributed by atoms with Gasteiger partial charge >= 0.3 is 17.9 Å². The van der Waals surface area contributed by atoms with Crippen LogP contribution >= 0.6 is 0 Å². The third-order valence-corrected chi connectivity index (χ3v) is 6.08. The molecule has 10 heteroatoms. The van der Waals surface area contributed by atoms with Crippen LogP contribution in [0.1, 0.15) is 111 Å². The zero-order valence-electron chi connectivity index (χ0n) is 22.9. The lowest BCUT2D eigenvalue weighted by molar-refractivity contribution is -0.166. The van der Waals surface area contributed by atoms with Crippen LogP contribution in [-0.4, -0.2) is 82.1 Å². The fourth-order valence-electron chi connectivity index (χ4n) is 3.62. The van der Waals surface area contributed by atoms with Gasteiger partial charge in [0.05, 0.1) is 24.4 Å². The molecule has 0 rings (SSSR count). The Balaban J connectivity index is 4.07. The van der Waals surface area contributed by atoms with Crippen molar-refractivity contribution in [2.45, 2.75) is 141 Å². The van der Waals surface area contributed by atoms with Crippen molar-refractivity contribution in [3.8, 4) is 0 Å². The summed E-state index contributed by atoms with van der Waals surface area (Å²) in [5.41, 5.74) is 0. The highest BCUT2D eigenvalue weighted by atomic mass is 16.6. The van der Waals surface area contributed by atoms with E-state index in [1.807, 2.05) is 0 Å². The molecule has 0 amide bonds. The molecule has 0 saturated heterocycles. The number of ether oxygens (including phenoxy) is 3. The topological polar surface area (TPSA) is 160 Å². The number of carbonyl (C=O) groups is 3. The van der Waals surface area contributed by atoms with Gasteiger partial charge in [-0.3, -0.25) is 14.4 Å². The Morgan fingerprint density at radius 3 is 1.46 bits per heavy atom. The molecule has 5 atom stereocenters. The molecule has 0 aliphatic carbocycles. The van der Waals surface area contributed by atoms with Crippen molar-refractivity contribution in [2.24, 2.45) is 0 Å². The minimum Gasteiger partial charge on any atom is -0.462 e. The number of hydrogen-bond donors (Lipinski definition) is 4. The van der Waals surface area contributed by atoms with E-state index < -0.39 is 48.4 Å². The van der Waals surface area contributed by atoms with Crippen molar-refractivity contribution < 1.29 is 49.0 Å². The quantitative estimate of drug-likeness (QED) is 0.0872. The van der Waals surface area contributed by atoms with Gasteiger partial charge in [-0.2, -0.15) is 0 Å². The number of hydrogen-bond acceptors (Lipinski definition) is 10. The molecule has 0 heterocycles. The van der Waals surface area contributed by atoms with Crippen LogP contribution in [-0.2, 0) is 28.6 Å². The highest BCUT2D eigenvalue weighted by Gasteiger charge is 2.19. The lowest BCUT2D eigenvalue weighted by Crippen LogP contribution is -2.30. The maximum Gasteiger partial charge on any atom is 0.306 e. The zero-order chi connectivity index (χ0) is 28.1. The molecule has 10 nitrogen and oxygen atoms in total. The first-order valence-electron chi connectivity index (χ1n) is 13.7. The highest BCUT2D eigenvalue weighted by molar-refractivity contribution is 5.70. The fraction of sp³-hybridized carbons (Fsp3) is 0.889. The molecule has 0 radical (unpaired) electrons. The Morgan fingerprint density at radius 1 is 0.595 bits per heavy atom. The molecule has 37 heavy (non-hydrogen) atoms. The third-order valence-electron chi connectivity index (χ3n) is 6.08. The van der Waals surface area contributed by atoms with Crippen molar-refractivity contribution in [3.63, 3.8) is 0 Å². The standard InChI is InChI=1S/C27H50O10/c1-20(28)24(31)14-10-6-4-8-12-16-26(33)36-19-23(18-35-22(3)30)37-27(34)17-13-9-5-7-11-15-25(32)21(2)29/h20-21,23-25,28-29,31-32H,4-19H2,1-3H3. The van der Waals surface area contributed by atoms with Gasteiger partial charge in [0.15, 0.2) is 6.10 Å². The monoisotopic (exact) mass is 534 g/mol. The van der Waals surface area contributed by atoms with Gasteiger partial charge in [-0.15, -0.1) is 0 Å². The smallest absolute Gasteiger partial charge is 0.306 e. The van der Waals surface area contributed by atoms with E-state index in [4.69, 9.17) is 14.2 Å². The second-order valence-electron chi connectivity index (χ2n) is 9.83. The molecule has 0 aromatic heterocycles. The Morgan fingerprint density at radius 2 is 1.00 bits per heavy atom. The number of esters is 3. The molecule has 218 valence electrons. The number of carbonyl (C=O) groups excluding carboxylic acids is 3. The van der Waals surface area contributed by atoms with Crippen LogP contribution in [0.5, 0.6) is 0 Å². The minimum atomic E-state index is -0.859. The molecule has 0 aromatic rings. The van der Waals surface area contributed by atoms with E-state index in [1.54, 1.807) is 13.8 Å². The van der Waals surface area contributed by atoms with Crippen molar-refractivity contribution in [1.82, 2.24) is 0 Å². The van der Waals surface area contributed by atoms with E-state index >= 15 is 0 Å². The van der Waals surface area contributed by atoms with Crippen LogP contribution in [0.25, 0.3) is 0 Å². The number of aliphatic hydroxyl groups is 4. The van der Waals surface area contributed by atoms with E-state index in [0.717, 1.165) is 51.4 Å². The molecule has 0 aliphatic heterocycles. The van der Waals surface area contributed by atoms with Gasteiger partial charge in [-0.1, -0.05) is 51.4 Å². The molecule has 0 aliphatic rings. The zero-order valence-corrected chi connectivity index (χ0v) is 22.9. The number of aliphatic hydroxyl groups excluding tert-OH is 4. The van der Waals surface area contributed by atoms with Crippen molar-refractivity contribution in [1.29, 1.82) is 0 Å². The lowest BCUT2D eigenvalue weighted by Gasteiger charge is -2.18. The van der Waals surface area contributed by atoms with E-state index in [0.29, 0.717) is 25.7 Å². The molecule has 0 spiro atoms. The van der Waals surface area contributed by atoms with E-state index in [2.05, 4.69) is 0 Å². The van der Waals surface area contributed by atoms with E-state index in [1.165, 1.54) is 6.92 Å². The molecular formula is C27H50O10. The molecule has 4 N–H and O–H groups in total. The Kier molecular flexibility index (Phi) is 21.2. The summed E-state index contributed by atoms with van der Waals surface area (Å²) in [5.74, 6) is -1.37.